The average Bonchev–Trinajstić information content (AvgIpc) is 3.14. The van der Waals surface area contributed by atoms with E-state index in [0.29, 0.717) is 5.96 Å². The van der Waals surface area contributed by atoms with Gasteiger partial charge in [-0.25, -0.2) is 5.01 Å². The van der Waals surface area contributed by atoms with Crippen LogP contribution in [0.5, 0.6) is 0 Å². The summed E-state index contributed by atoms with van der Waals surface area (Å²) in [6.45, 7) is 0.927. The van der Waals surface area contributed by atoms with Crippen LogP contribution in [0.3, 0.4) is 0 Å². The van der Waals surface area contributed by atoms with Gasteiger partial charge in [0.1, 0.15) is 0 Å². The maximum atomic E-state index is 6.45. The highest BCUT2D eigenvalue weighted by atomic mass is 15.7. The third-order valence-electron chi connectivity index (χ3n) is 5.86. The van der Waals surface area contributed by atoms with Crippen molar-refractivity contribution in [2.45, 2.75) is 25.7 Å². The van der Waals surface area contributed by atoms with Crippen LogP contribution in [-0.4, -0.2) is 19.6 Å². The molecule has 4 nitrogen and oxygen atoms in total. The molecule has 0 atom stereocenters. The number of hydrazine groups is 1. The minimum absolute atomic E-state index is 0.519. The number of hydrogen-bond donors (Lipinski definition) is 1. The molecule has 5 rings (SSSR count). The smallest absolute Gasteiger partial charge is 0.215 e. The van der Waals surface area contributed by atoms with Crippen molar-refractivity contribution in [1.82, 2.24) is 0 Å². The number of benzene rings is 3. The van der Waals surface area contributed by atoms with Crippen LogP contribution in [0.1, 0.15) is 23.1 Å². The van der Waals surface area contributed by atoms with E-state index >= 15 is 0 Å². The van der Waals surface area contributed by atoms with Crippen molar-refractivity contribution in [3.05, 3.63) is 71.3 Å². The number of nitrogens with two attached hydrogens (primary N) is 1. The normalized spacial score (nSPS) is 15.9. The lowest BCUT2D eigenvalue weighted by molar-refractivity contribution is 0.704. The van der Waals surface area contributed by atoms with Gasteiger partial charge in [-0.2, -0.15) is 0 Å². The Morgan fingerprint density at radius 1 is 0.926 bits per heavy atom. The second-order valence-electron chi connectivity index (χ2n) is 7.33. The Kier molecular flexibility index (Phi) is 3.78. The average molecular weight is 356 g/mol. The summed E-state index contributed by atoms with van der Waals surface area (Å²) in [7, 11) is 1.76. The lowest BCUT2D eigenvalue weighted by atomic mass is 10.0. The lowest BCUT2D eigenvalue weighted by Crippen LogP contribution is -2.52. The van der Waals surface area contributed by atoms with Gasteiger partial charge in [0.05, 0.1) is 11.4 Å². The summed E-state index contributed by atoms with van der Waals surface area (Å²) in [6, 6.07) is 19.7. The van der Waals surface area contributed by atoms with Crippen molar-refractivity contribution in [2.24, 2.45) is 10.7 Å². The van der Waals surface area contributed by atoms with Crippen LogP contribution in [0.4, 0.5) is 11.4 Å². The number of aliphatic imine (C=N–C) groups is 1. The summed E-state index contributed by atoms with van der Waals surface area (Å²) in [5.41, 5.74) is 13.0. The molecule has 0 unspecified atom stereocenters. The monoisotopic (exact) mass is 356 g/mol. The fraction of sp³-hybridized carbons (Fsp3) is 0.261. The van der Waals surface area contributed by atoms with Crippen molar-refractivity contribution < 1.29 is 0 Å². The number of anilines is 2. The second-order valence-corrected chi connectivity index (χ2v) is 7.33. The topological polar surface area (TPSA) is 44.9 Å². The van der Waals surface area contributed by atoms with E-state index in [9.17, 15) is 0 Å². The van der Waals surface area contributed by atoms with Crippen LogP contribution >= 0.6 is 0 Å². The van der Waals surface area contributed by atoms with E-state index in [4.69, 9.17) is 5.73 Å². The first-order chi connectivity index (χ1) is 13.3. The van der Waals surface area contributed by atoms with E-state index in [0.717, 1.165) is 37.9 Å². The molecule has 136 valence electrons. The van der Waals surface area contributed by atoms with Crippen LogP contribution in [-0.2, 0) is 19.3 Å². The highest BCUT2D eigenvalue weighted by Gasteiger charge is 2.27. The first-order valence-corrected chi connectivity index (χ1v) is 9.69. The van der Waals surface area contributed by atoms with Crippen molar-refractivity contribution in [1.29, 1.82) is 0 Å². The molecular formula is C23H24N4. The van der Waals surface area contributed by atoms with Gasteiger partial charge in [-0.05, 0) is 59.9 Å². The van der Waals surface area contributed by atoms with Gasteiger partial charge < -0.3 is 5.73 Å². The van der Waals surface area contributed by atoms with Gasteiger partial charge in [-0.15, -0.1) is 0 Å². The molecule has 2 N–H and O–H groups in total. The zero-order valence-corrected chi connectivity index (χ0v) is 15.7. The predicted octanol–water partition coefficient (Wildman–Crippen LogP) is 4.06. The number of para-hydroxylation sites is 1. The second kappa shape index (κ2) is 6.31. The largest absolute Gasteiger partial charge is 0.368 e. The molecule has 0 saturated heterocycles. The molecule has 4 heteroatoms. The van der Waals surface area contributed by atoms with Gasteiger partial charge in [0.25, 0.3) is 0 Å². The van der Waals surface area contributed by atoms with Crippen molar-refractivity contribution in [3.8, 4) is 0 Å². The third-order valence-corrected chi connectivity index (χ3v) is 5.86. The maximum absolute atomic E-state index is 6.45. The Morgan fingerprint density at radius 2 is 1.70 bits per heavy atom. The maximum Gasteiger partial charge on any atom is 0.215 e. The summed E-state index contributed by atoms with van der Waals surface area (Å²) >= 11 is 0. The first kappa shape index (κ1) is 16.2. The highest BCUT2D eigenvalue weighted by Crippen LogP contribution is 2.39. The molecule has 0 amide bonds. The van der Waals surface area contributed by atoms with Gasteiger partial charge in [0.2, 0.25) is 5.96 Å². The molecule has 0 aromatic heterocycles. The van der Waals surface area contributed by atoms with Crippen LogP contribution in [0, 0.1) is 0 Å². The van der Waals surface area contributed by atoms with Crippen molar-refractivity contribution in [2.75, 3.05) is 23.6 Å². The molecule has 0 saturated carbocycles. The number of aryl methyl sites for hydroxylation is 3. The standard InChI is InChI=1S/C23H24N4/c1-25-23(24)27(26-15-5-8-16-6-2-3-10-20(16)26)21-14-13-18-12-11-17-7-4-9-19(21)22(17)18/h2-4,6-7,9-10,13-14H,5,8,11-12,15H2,1H3,(H2,24,25). The molecule has 27 heavy (non-hydrogen) atoms. The highest BCUT2D eigenvalue weighted by molar-refractivity contribution is 6.08. The SMILES string of the molecule is CN=C(N)N(c1ccc2c3c(cccc13)CC2)N1CCCc2ccccc21. The summed E-state index contributed by atoms with van der Waals surface area (Å²) < 4.78 is 0. The van der Waals surface area contributed by atoms with Gasteiger partial charge >= 0.3 is 0 Å². The Balaban J connectivity index is 1.73. The predicted molar refractivity (Wildman–Crippen MR) is 113 cm³/mol. The third kappa shape index (κ3) is 2.47. The fourth-order valence-electron chi connectivity index (χ4n) is 4.61. The summed E-state index contributed by atoms with van der Waals surface area (Å²) in [6.07, 6.45) is 4.46. The molecule has 2 aliphatic rings. The Bertz CT molecular complexity index is 1040. The van der Waals surface area contributed by atoms with E-state index in [1.165, 1.54) is 33.2 Å². The van der Waals surface area contributed by atoms with Crippen molar-refractivity contribution >= 4 is 28.1 Å². The molecule has 1 heterocycles. The van der Waals surface area contributed by atoms with E-state index in [-0.39, 0.29) is 0 Å². The molecule has 0 bridgehead atoms. The fourth-order valence-corrected chi connectivity index (χ4v) is 4.61. The molecule has 1 aliphatic carbocycles. The van der Waals surface area contributed by atoms with Gasteiger partial charge in [-0.3, -0.25) is 10.0 Å². The van der Waals surface area contributed by atoms with Gasteiger partial charge in [-0.1, -0.05) is 42.5 Å². The lowest BCUT2D eigenvalue weighted by Gasteiger charge is -2.41. The molecule has 0 fully saturated rings. The Hall–Kier alpha value is -3.01. The number of nitrogens with zero attached hydrogens (tertiary/aromatic N) is 3. The van der Waals surface area contributed by atoms with Crippen LogP contribution in [0.2, 0.25) is 0 Å². The number of guanidine groups is 1. The number of rotatable bonds is 2. The summed E-state index contributed by atoms with van der Waals surface area (Å²) in [5.74, 6) is 0.519. The molecule has 0 radical (unpaired) electrons. The van der Waals surface area contributed by atoms with E-state index < -0.39 is 0 Å². The van der Waals surface area contributed by atoms with Crippen LogP contribution in [0.15, 0.2) is 59.6 Å². The molecule has 3 aromatic rings. The minimum Gasteiger partial charge on any atom is -0.368 e. The minimum atomic E-state index is 0.519. The number of fused-ring (bicyclic) bond motifs is 1. The first-order valence-electron chi connectivity index (χ1n) is 9.69. The van der Waals surface area contributed by atoms with Crippen LogP contribution in [0.25, 0.3) is 10.8 Å². The van der Waals surface area contributed by atoms with Gasteiger partial charge in [0, 0.05) is 19.0 Å². The van der Waals surface area contributed by atoms with Crippen LogP contribution < -0.4 is 15.8 Å². The zero-order valence-electron chi connectivity index (χ0n) is 15.7. The quantitative estimate of drug-likeness (QED) is 0.556. The van der Waals surface area contributed by atoms with Crippen molar-refractivity contribution in [3.63, 3.8) is 0 Å². The Labute approximate surface area is 159 Å². The van der Waals surface area contributed by atoms with E-state index in [2.05, 4.69) is 69.6 Å². The molecular weight excluding hydrogens is 332 g/mol. The van der Waals surface area contributed by atoms with Gasteiger partial charge in [0.15, 0.2) is 0 Å². The summed E-state index contributed by atoms with van der Waals surface area (Å²) in [5, 5.41) is 7.06. The summed E-state index contributed by atoms with van der Waals surface area (Å²) in [4.78, 5) is 4.36. The van der Waals surface area contributed by atoms with E-state index in [1.807, 2.05) is 0 Å². The molecule has 1 aliphatic heterocycles. The Morgan fingerprint density at radius 3 is 2.56 bits per heavy atom. The van der Waals surface area contributed by atoms with E-state index in [1.54, 1.807) is 7.05 Å². The number of hydrogen-bond acceptors (Lipinski definition) is 2. The molecule has 3 aromatic carbocycles. The molecule has 0 spiro atoms. The zero-order chi connectivity index (χ0) is 18.4.